The van der Waals surface area contributed by atoms with Crippen LogP contribution < -0.4 is 5.73 Å². The third-order valence-corrected chi connectivity index (χ3v) is 3.82. The lowest BCUT2D eigenvalue weighted by Gasteiger charge is -1.88. The number of thiazole rings is 1. The molecule has 3 nitrogen and oxygen atoms in total. The molecular weight excluding hydrogens is 300 g/mol. The van der Waals surface area contributed by atoms with E-state index in [0.717, 1.165) is 31.9 Å². The summed E-state index contributed by atoms with van der Waals surface area (Å²) < 4.78 is 6.79. The Bertz CT molecular complexity index is 674. The number of halogens is 1. The van der Waals surface area contributed by atoms with Gasteiger partial charge in [0.2, 0.25) is 0 Å². The number of benzene rings is 1. The Morgan fingerprint density at radius 3 is 3.00 bits per heavy atom. The first-order valence-corrected chi connectivity index (χ1v) is 6.77. The summed E-state index contributed by atoms with van der Waals surface area (Å²) >= 11 is 4.99. The first-order chi connectivity index (χ1) is 8.26. The van der Waals surface area contributed by atoms with Crippen molar-refractivity contribution in [2.75, 3.05) is 0 Å². The molecule has 0 unspecified atom stereocenters. The molecule has 0 saturated carbocycles. The fraction of sp³-hybridized carbons (Fsp3) is 0.0833. The predicted molar refractivity (Wildman–Crippen MR) is 72.9 cm³/mol. The lowest BCUT2D eigenvalue weighted by Crippen LogP contribution is -1.94. The highest BCUT2D eigenvalue weighted by Gasteiger charge is 2.09. The van der Waals surface area contributed by atoms with Gasteiger partial charge in [-0.1, -0.05) is 15.9 Å². The van der Waals surface area contributed by atoms with Crippen molar-refractivity contribution in [2.45, 2.75) is 6.54 Å². The highest BCUT2D eigenvalue weighted by atomic mass is 79.9. The summed E-state index contributed by atoms with van der Waals surface area (Å²) in [4.78, 5) is 4.40. The second kappa shape index (κ2) is 4.25. The molecule has 0 atom stereocenters. The van der Waals surface area contributed by atoms with Gasteiger partial charge in [-0.15, -0.1) is 11.3 Å². The molecule has 0 bridgehead atoms. The van der Waals surface area contributed by atoms with Gasteiger partial charge < -0.3 is 10.2 Å². The van der Waals surface area contributed by atoms with E-state index in [1.807, 2.05) is 29.6 Å². The van der Waals surface area contributed by atoms with Crippen LogP contribution in [0, 0.1) is 0 Å². The van der Waals surface area contributed by atoms with Crippen LogP contribution in [-0.2, 0) is 6.54 Å². The Morgan fingerprint density at radius 1 is 1.35 bits per heavy atom. The first kappa shape index (κ1) is 11.0. The van der Waals surface area contributed by atoms with Gasteiger partial charge in [-0.05, 0) is 24.3 Å². The maximum atomic E-state index is 5.75. The smallest absolute Gasteiger partial charge is 0.154 e. The highest BCUT2D eigenvalue weighted by Crippen LogP contribution is 2.30. The summed E-state index contributed by atoms with van der Waals surface area (Å²) in [5.74, 6) is 0.786. The normalized spacial score (nSPS) is 11.2. The zero-order valence-corrected chi connectivity index (χ0v) is 11.2. The standard InChI is InChI=1S/C12H9BrN2OS/c13-8-1-2-10-7(3-8)4-11(16-10)9-6-17-12(5-14)15-9/h1-4,6H,5,14H2. The van der Waals surface area contributed by atoms with Crippen LogP contribution >= 0.6 is 27.3 Å². The lowest BCUT2D eigenvalue weighted by atomic mass is 10.2. The fourth-order valence-electron chi connectivity index (χ4n) is 1.66. The maximum Gasteiger partial charge on any atom is 0.154 e. The zero-order chi connectivity index (χ0) is 11.8. The summed E-state index contributed by atoms with van der Waals surface area (Å²) in [6, 6.07) is 7.93. The maximum absolute atomic E-state index is 5.75. The molecule has 17 heavy (non-hydrogen) atoms. The highest BCUT2D eigenvalue weighted by molar-refractivity contribution is 9.10. The first-order valence-electron chi connectivity index (χ1n) is 5.10. The van der Waals surface area contributed by atoms with Crippen molar-refractivity contribution in [3.05, 3.63) is 39.1 Å². The fourth-order valence-corrected chi connectivity index (χ4v) is 2.70. The van der Waals surface area contributed by atoms with Crippen molar-refractivity contribution in [3.63, 3.8) is 0 Å². The van der Waals surface area contributed by atoms with E-state index in [4.69, 9.17) is 10.2 Å². The van der Waals surface area contributed by atoms with Gasteiger partial charge in [0.1, 0.15) is 16.3 Å². The molecule has 0 aliphatic carbocycles. The van der Waals surface area contributed by atoms with Crippen LogP contribution in [0.25, 0.3) is 22.4 Å². The number of nitrogens with two attached hydrogens (primary N) is 1. The molecular formula is C12H9BrN2OS. The number of aromatic nitrogens is 1. The van der Waals surface area contributed by atoms with Gasteiger partial charge in [0.15, 0.2) is 5.76 Å². The Balaban J connectivity index is 2.11. The number of nitrogens with zero attached hydrogens (tertiary/aromatic N) is 1. The minimum Gasteiger partial charge on any atom is -0.454 e. The van der Waals surface area contributed by atoms with Crippen molar-refractivity contribution < 1.29 is 4.42 Å². The van der Waals surface area contributed by atoms with E-state index in [-0.39, 0.29) is 0 Å². The van der Waals surface area contributed by atoms with Crippen molar-refractivity contribution >= 4 is 38.2 Å². The van der Waals surface area contributed by atoms with Crippen molar-refractivity contribution in [1.82, 2.24) is 4.98 Å². The molecule has 3 aromatic rings. The van der Waals surface area contributed by atoms with Crippen LogP contribution in [-0.4, -0.2) is 4.98 Å². The van der Waals surface area contributed by atoms with Crippen LogP contribution in [0.5, 0.6) is 0 Å². The molecule has 0 spiro atoms. The molecule has 5 heteroatoms. The number of fused-ring (bicyclic) bond motifs is 1. The Kier molecular flexibility index (Phi) is 2.74. The molecule has 2 N–H and O–H groups in total. The number of hydrogen-bond acceptors (Lipinski definition) is 4. The molecule has 0 saturated heterocycles. The van der Waals surface area contributed by atoms with Gasteiger partial charge in [-0.3, -0.25) is 0 Å². The minimum atomic E-state index is 0.469. The van der Waals surface area contributed by atoms with E-state index in [2.05, 4.69) is 20.9 Å². The minimum absolute atomic E-state index is 0.469. The SMILES string of the molecule is NCc1nc(-c2cc3cc(Br)ccc3o2)cs1. The summed E-state index contributed by atoms with van der Waals surface area (Å²) in [7, 11) is 0. The summed E-state index contributed by atoms with van der Waals surface area (Å²) in [5, 5.41) is 3.95. The van der Waals surface area contributed by atoms with Gasteiger partial charge in [0, 0.05) is 21.8 Å². The van der Waals surface area contributed by atoms with E-state index in [0.29, 0.717) is 6.54 Å². The summed E-state index contributed by atoms with van der Waals surface area (Å²) in [5.41, 5.74) is 7.26. The van der Waals surface area contributed by atoms with Gasteiger partial charge >= 0.3 is 0 Å². The Morgan fingerprint density at radius 2 is 2.24 bits per heavy atom. The van der Waals surface area contributed by atoms with Gasteiger partial charge in [0.05, 0.1) is 0 Å². The molecule has 1 aromatic carbocycles. The average Bonchev–Trinajstić information content (AvgIpc) is 2.93. The molecule has 2 aromatic heterocycles. The van der Waals surface area contributed by atoms with E-state index in [1.165, 1.54) is 0 Å². The van der Waals surface area contributed by atoms with E-state index < -0.39 is 0 Å². The van der Waals surface area contributed by atoms with Crippen LogP contribution in [0.3, 0.4) is 0 Å². The summed E-state index contributed by atoms with van der Waals surface area (Å²) in [6.07, 6.45) is 0. The number of rotatable bonds is 2. The molecule has 0 radical (unpaired) electrons. The monoisotopic (exact) mass is 308 g/mol. The molecule has 3 rings (SSSR count). The molecule has 2 heterocycles. The largest absolute Gasteiger partial charge is 0.454 e. The van der Waals surface area contributed by atoms with Crippen LogP contribution in [0.2, 0.25) is 0 Å². The molecule has 0 fully saturated rings. The second-order valence-corrected chi connectivity index (χ2v) is 5.48. The summed E-state index contributed by atoms with van der Waals surface area (Å²) in [6.45, 7) is 0.469. The van der Waals surface area contributed by atoms with Crippen molar-refractivity contribution in [3.8, 4) is 11.5 Å². The predicted octanol–water partition coefficient (Wildman–Crippen LogP) is 3.78. The van der Waals surface area contributed by atoms with E-state index in [1.54, 1.807) is 11.3 Å². The molecule has 0 aliphatic heterocycles. The zero-order valence-electron chi connectivity index (χ0n) is 8.81. The number of hydrogen-bond donors (Lipinski definition) is 1. The van der Waals surface area contributed by atoms with Crippen molar-refractivity contribution in [1.29, 1.82) is 0 Å². The lowest BCUT2D eigenvalue weighted by molar-refractivity contribution is 0.629. The third-order valence-electron chi connectivity index (χ3n) is 2.46. The molecule has 0 amide bonds. The second-order valence-electron chi connectivity index (χ2n) is 3.62. The van der Waals surface area contributed by atoms with E-state index in [9.17, 15) is 0 Å². The average molecular weight is 309 g/mol. The Hall–Kier alpha value is -1.17. The topological polar surface area (TPSA) is 52.0 Å². The van der Waals surface area contributed by atoms with E-state index >= 15 is 0 Å². The molecule has 0 aliphatic rings. The molecule has 86 valence electrons. The van der Waals surface area contributed by atoms with Crippen LogP contribution in [0.1, 0.15) is 5.01 Å². The van der Waals surface area contributed by atoms with Crippen molar-refractivity contribution in [2.24, 2.45) is 5.73 Å². The van der Waals surface area contributed by atoms with Crippen LogP contribution in [0.4, 0.5) is 0 Å². The quantitative estimate of drug-likeness (QED) is 0.784. The van der Waals surface area contributed by atoms with Gasteiger partial charge in [-0.2, -0.15) is 0 Å². The Labute approximate surface area is 110 Å². The third kappa shape index (κ3) is 2.01. The van der Waals surface area contributed by atoms with Gasteiger partial charge in [-0.25, -0.2) is 4.98 Å². The number of furan rings is 1. The van der Waals surface area contributed by atoms with Crippen LogP contribution in [0.15, 0.2) is 38.5 Å². The van der Waals surface area contributed by atoms with Gasteiger partial charge in [0.25, 0.3) is 0 Å².